The van der Waals surface area contributed by atoms with Crippen LogP contribution in [0.3, 0.4) is 0 Å². The van der Waals surface area contributed by atoms with Crippen LogP contribution in [0.5, 0.6) is 0 Å². The topological polar surface area (TPSA) is 63.4 Å². The number of hydrogen-bond donors (Lipinski definition) is 0. The second-order valence-electron chi connectivity index (χ2n) is 4.59. The second-order valence-corrected chi connectivity index (χ2v) is 6.56. The molecular weight excluding hydrogens is 276 g/mol. The maximum absolute atomic E-state index is 12.1. The quantitative estimate of drug-likeness (QED) is 0.808. The molecule has 104 valence electrons. The maximum Gasteiger partial charge on any atom is 0.222 e. The Bertz CT molecular complexity index is 712. The maximum atomic E-state index is 12.1. The number of hydrogen-bond acceptors (Lipinski definition) is 4. The van der Waals surface area contributed by atoms with Crippen molar-refractivity contribution in [2.24, 2.45) is 0 Å². The van der Waals surface area contributed by atoms with Gasteiger partial charge in [-0.1, -0.05) is 47.6 Å². The molecule has 0 saturated heterocycles. The molecule has 0 unspecified atom stereocenters. The molecule has 3 rings (SSSR count). The number of aromatic nitrogens is 1. The summed E-state index contributed by atoms with van der Waals surface area (Å²) in [5.74, 6) is 0.199. The molecule has 0 fully saturated rings. The minimum absolute atomic E-state index is 0.158. The average Bonchev–Trinajstić information content (AvgIpc) is 3.10. The molecular formula is C14H14N2O3S. The smallest absolute Gasteiger partial charge is 0.222 e. The van der Waals surface area contributed by atoms with E-state index in [1.165, 1.54) is 4.31 Å². The van der Waals surface area contributed by atoms with E-state index in [1.54, 1.807) is 6.07 Å². The summed E-state index contributed by atoms with van der Waals surface area (Å²) >= 11 is 0. The molecule has 0 saturated carbocycles. The molecule has 0 amide bonds. The van der Waals surface area contributed by atoms with Crippen LogP contribution in [0.2, 0.25) is 0 Å². The lowest BCUT2D eigenvalue weighted by molar-refractivity contribution is 0.391. The lowest BCUT2D eigenvalue weighted by Crippen LogP contribution is -2.29. The first-order valence-corrected chi connectivity index (χ1v) is 7.90. The fraction of sp³-hybridized carbons (Fsp3) is 0.214. The highest BCUT2D eigenvalue weighted by Crippen LogP contribution is 2.21. The van der Waals surface area contributed by atoms with Gasteiger partial charge < -0.3 is 4.52 Å². The Morgan fingerprint density at radius 3 is 2.55 bits per heavy atom. The Morgan fingerprint density at radius 2 is 1.85 bits per heavy atom. The van der Waals surface area contributed by atoms with E-state index >= 15 is 0 Å². The molecule has 2 heterocycles. The van der Waals surface area contributed by atoms with E-state index in [0.717, 1.165) is 5.56 Å². The zero-order valence-electron chi connectivity index (χ0n) is 10.8. The van der Waals surface area contributed by atoms with Gasteiger partial charge in [0.25, 0.3) is 0 Å². The minimum atomic E-state index is -3.34. The van der Waals surface area contributed by atoms with Crippen molar-refractivity contribution < 1.29 is 12.9 Å². The fourth-order valence-corrected chi connectivity index (χ4v) is 3.39. The van der Waals surface area contributed by atoms with Crippen molar-refractivity contribution in [1.82, 2.24) is 9.46 Å². The summed E-state index contributed by atoms with van der Waals surface area (Å²) < 4.78 is 30.8. The van der Waals surface area contributed by atoms with Crippen molar-refractivity contribution in [1.29, 1.82) is 0 Å². The van der Waals surface area contributed by atoms with Gasteiger partial charge in [0, 0.05) is 24.7 Å². The Morgan fingerprint density at radius 1 is 1.15 bits per heavy atom. The number of nitrogens with zero attached hydrogens (tertiary/aromatic N) is 2. The zero-order valence-corrected chi connectivity index (χ0v) is 11.6. The van der Waals surface area contributed by atoms with Crippen molar-refractivity contribution in [3.05, 3.63) is 54.3 Å². The second kappa shape index (κ2) is 5.22. The third-order valence-electron chi connectivity index (χ3n) is 3.13. The van der Waals surface area contributed by atoms with Crippen LogP contribution >= 0.6 is 0 Å². The Kier molecular flexibility index (Phi) is 3.42. The van der Waals surface area contributed by atoms with Crippen LogP contribution in [0.4, 0.5) is 0 Å². The highest BCUT2D eigenvalue weighted by Gasteiger charge is 2.24. The highest BCUT2D eigenvalue weighted by molar-refractivity contribution is 7.88. The summed E-state index contributed by atoms with van der Waals surface area (Å²) in [7, 11) is -3.34. The third-order valence-corrected chi connectivity index (χ3v) is 4.87. The van der Waals surface area contributed by atoms with Gasteiger partial charge in [0.15, 0.2) is 5.76 Å². The first-order valence-electron chi connectivity index (χ1n) is 6.29. The third kappa shape index (κ3) is 2.66. The molecule has 1 aromatic heterocycles. The van der Waals surface area contributed by atoms with Gasteiger partial charge >= 0.3 is 0 Å². The summed E-state index contributed by atoms with van der Waals surface area (Å²) in [5, 5.41) is 3.92. The SMILES string of the molecule is O=S(=O)(Cc1cc(-c2ccccc2)no1)N1CC=CC1. The average molecular weight is 290 g/mol. The van der Waals surface area contributed by atoms with E-state index in [9.17, 15) is 8.42 Å². The summed E-state index contributed by atoms with van der Waals surface area (Å²) in [6.45, 7) is 0.865. The van der Waals surface area contributed by atoms with Crippen molar-refractivity contribution in [2.45, 2.75) is 5.75 Å². The van der Waals surface area contributed by atoms with Crippen LogP contribution in [0.1, 0.15) is 5.76 Å². The van der Waals surface area contributed by atoms with Crippen LogP contribution in [0, 0.1) is 0 Å². The van der Waals surface area contributed by atoms with Crippen LogP contribution < -0.4 is 0 Å². The molecule has 0 bridgehead atoms. The molecule has 0 N–H and O–H groups in total. The van der Waals surface area contributed by atoms with E-state index in [2.05, 4.69) is 5.16 Å². The summed E-state index contributed by atoms with van der Waals surface area (Å²) in [5.41, 5.74) is 1.55. The number of sulfonamides is 1. The van der Waals surface area contributed by atoms with Gasteiger partial charge in [-0.05, 0) is 0 Å². The van der Waals surface area contributed by atoms with E-state index in [4.69, 9.17) is 4.52 Å². The van der Waals surface area contributed by atoms with Crippen LogP contribution in [-0.4, -0.2) is 31.0 Å². The largest absolute Gasteiger partial charge is 0.360 e. The lowest BCUT2D eigenvalue weighted by Gasteiger charge is -2.13. The zero-order chi connectivity index (χ0) is 14.0. The molecule has 20 heavy (non-hydrogen) atoms. The predicted molar refractivity (Wildman–Crippen MR) is 75.3 cm³/mol. The van der Waals surface area contributed by atoms with Crippen molar-refractivity contribution in [3.63, 3.8) is 0 Å². The Balaban J connectivity index is 1.78. The van der Waals surface area contributed by atoms with Crippen LogP contribution in [-0.2, 0) is 15.8 Å². The van der Waals surface area contributed by atoms with E-state index in [-0.39, 0.29) is 5.75 Å². The van der Waals surface area contributed by atoms with Gasteiger partial charge in [-0.15, -0.1) is 0 Å². The van der Waals surface area contributed by atoms with Gasteiger partial charge in [0.1, 0.15) is 11.4 Å². The van der Waals surface area contributed by atoms with Crippen molar-refractivity contribution in [2.75, 3.05) is 13.1 Å². The summed E-state index contributed by atoms with van der Waals surface area (Å²) in [6, 6.07) is 11.2. The number of benzene rings is 1. The molecule has 0 spiro atoms. The van der Waals surface area contributed by atoms with E-state index in [0.29, 0.717) is 24.5 Å². The molecule has 0 aliphatic carbocycles. The van der Waals surface area contributed by atoms with Gasteiger partial charge in [0.2, 0.25) is 10.0 Å². The molecule has 6 heteroatoms. The molecule has 5 nitrogen and oxygen atoms in total. The minimum Gasteiger partial charge on any atom is -0.360 e. The molecule has 1 aliphatic rings. The van der Waals surface area contributed by atoms with Crippen molar-refractivity contribution >= 4 is 10.0 Å². The monoisotopic (exact) mass is 290 g/mol. The Labute approximate surface area is 117 Å². The number of rotatable bonds is 4. The van der Waals surface area contributed by atoms with E-state index < -0.39 is 10.0 Å². The molecule has 0 radical (unpaired) electrons. The van der Waals surface area contributed by atoms with Crippen molar-refractivity contribution in [3.8, 4) is 11.3 Å². The van der Waals surface area contributed by atoms with Crippen LogP contribution in [0.15, 0.2) is 53.1 Å². The molecule has 1 aliphatic heterocycles. The fourth-order valence-electron chi connectivity index (χ4n) is 2.08. The first-order chi connectivity index (χ1) is 9.65. The predicted octanol–water partition coefficient (Wildman–Crippen LogP) is 2.04. The Hall–Kier alpha value is -1.92. The van der Waals surface area contributed by atoms with Crippen LogP contribution in [0.25, 0.3) is 11.3 Å². The normalized spacial score (nSPS) is 15.8. The van der Waals surface area contributed by atoms with E-state index in [1.807, 2.05) is 42.5 Å². The molecule has 1 aromatic carbocycles. The summed E-state index contributed by atoms with van der Waals surface area (Å²) in [4.78, 5) is 0. The lowest BCUT2D eigenvalue weighted by atomic mass is 10.1. The van der Waals surface area contributed by atoms with Gasteiger partial charge in [-0.3, -0.25) is 0 Å². The first kappa shape index (κ1) is 13.1. The standard InChI is InChI=1S/C14H14N2O3S/c17-20(18,16-8-4-5-9-16)11-13-10-14(15-19-13)12-6-2-1-3-7-12/h1-7,10H,8-9,11H2. The molecule has 2 aromatic rings. The highest BCUT2D eigenvalue weighted by atomic mass is 32.2. The molecule has 0 atom stereocenters. The van der Waals surface area contributed by atoms with Gasteiger partial charge in [-0.2, -0.15) is 4.31 Å². The van der Waals surface area contributed by atoms with Gasteiger partial charge in [0.05, 0.1) is 0 Å². The van der Waals surface area contributed by atoms with Gasteiger partial charge in [-0.25, -0.2) is 8.42 Å². The summed E-state index contributed by atoms with van der Waals surface area (Å²) in [6.07, 6.45) is 3.68.